The van der Waals surface area contributed by atoms with E-state index in [9.17, 15) is 10.4 Å². The largest absolute Gasteiger partial charge is 0.508 e. The topological polar surface area (TPSA) is 44.0 Å². The summed E-state index contributed by atoms with van der Waals surface area (Å²) in [6.07, 6.45) is 5.51. The summed E-state index contributed by atoms with van der Waals surface area (Å²) in [6, 6.07) is 8.12. The van der Waals surface area contributed by atoms with E-state index in [1.165, 1.54) is 17.5 Å². The number of phenolic OH excluding ortho intramolecular Hbond substituents is 1. The van der Waals surface area contributed by atoms with Crippen LogP contribution in [0.5, 0.6) is 5.75 Å². The van der Waals surface area contributed by atoms with Crippen molar-refractivity contribution in [2.45, 2.75) is 37.5 Å². The van der Waals surface area contributed by atoms with Crippen LogP contribution in [-0.4, -0.2) is 5.11 Å². The summed E-state index contributed by atoms with van der Waals surface area (Å²) in [5.41, 5.74) is 2.65. The second-order valence-corrected chi connectivity index (χ2v) is 5.07. The van der Waals surface area contributed by atoms with Gasteiger partial charge in [-0.3, -0.25) is 0 Å². The molecule has 1 saturated carbocycles. The Hall–Kier alpha value is -1.49. The van der Waals surface area contributed by atoms with Gasteiger partial charge in [0.2, 0.25) is 0 Å². The summed E-state index contributed by atoms with van der Waals surface area (Å²) in [5.74, 6) is 0.497. The molecule has 0 heterocycles. The van der Waals surface area contributed by atoms with Crippen LogP contribution in [0.25, 0.3) is 0 Å². The monoisotopic (exact) mass is 213 g/mol. The van der Waals surface area contributed by atoms with Gasteiger partial charge in [0.05, 0.1) is 12.0 Å². The molecule has 2 heteroatoms. The zero-order valence-electron chi connectivity index (χ0n) is 9.24. The van der Waals surface area contributed by atoms with Crippen molar-refractivity contribution in [2.75, 3.05) is 0 Å². The number of aromatic hydroxyl groups is 1. The van der Waals surface area contributed by atoms with E-state index in [-0.39, 0.29) is 11.3 Å². The number of benzene rings is 1. The third kappa shape index (κ3) is 1.12. The minimum atomic E-state index is 0.0705. The molecule has 1 spiro atoms. The molecule has 3 rings (SSSR count). The van der Waals surface area contributed by atoms with Gasteiger partial charge in [0.1, 0.15) is 5.75 Å². The van der Waals surface area contributed by atoms with Crippen molar-refractivity contribution in [1.82, 2.24) is 0 Å². The van der Waals surface area contributed by atoms with E-state index in [1.807, 2.05) is 12.1 Å². The van der Waals surface area contributed by atoms with Crippen molar-refractivity contribution in [2.24, 2.45) is 5.92 Å². The van der Waals surface area contributed by atoms with Gasteiger partial charge in [-0.15, -0.1) is 0 Å². The molecule has 1 aromatic rings. The van der Waals surface area contributed by atoms with Crippen LogP contribution in [0.1, 0.15) is 36.8 Å². The molecule has 82 valence electrons. The van der Waals surface area contributed by atoms with Crippen LogP contribution in [0.3, 0.4) is 0 Å². The Balaban J connectivity index is 2.13. The summed E-state index contributed by atoms with van der Waals surface area (Å²) < 4.78 is 0. The van der Waals surface area contributed by atoms with Crippen LogP contribution < -0.4 is 0 Å². The quantitative estimate of drug-likeness (QED) is 0.720. The lowest BCUT2D eigenvalue weighted by Crippen LogP contribution is -2.46. The van der Waals surface area contributed by atoms with E-state index in [4.69, 9.17) is 0 Å². The maximum Gasteiger partial charge on any atom is 0.115 e. The predicted octanol–water partition coefficient (Wildman–Crippen LogP) is 2.90. The molecule has 0 bridgehead atoms. The van der Waals surface area contributed by atoms with Crippen molar-refractivity contribution in [3.8, 4) is 11.8 Å². The average molecular weight is 213 g/mol. The molecule has 0 saturated heterocycles. The summed E-state index contributed by atoms with van der Waals surface area (Å²) >= 11 is 0. The van der Waals surface area contributed by atoms with E-state index in [0.717, 1.165) is 25.7 Å². The molecule has 2 aliphatic rings. The second kappa shape index (κ2) is 3.25. The SMILES string of the molecule is N#C[C@@H]1CC[C@@]12CCCc1ccc(O)cc12. The summed E-state index contributed by atoms with van der Waals surface area (Å²) in [6.45, 7) is 0. The highest BCUT2D eigenvalue weighted by atomic mass is 16.3. The molecule has 1 aromatic carbocycles. The van der Waals surface area contributed by atoms with Crippen LogP contribution in [0.4, 0.5) is 0 Å². The number of rotatable bonds is 0. The van der Waals surface area contributed by atoms with E-state index in [1.54, 1.807) is 6.07 Å². The normalized spacial score (nSPS) is 31.6. The number of phenols is 1. The van der Waals surface area contributed by atoms with Gasteiger partial charge < -0.3 is 5.11 Å². The fourth-order valence-electron chi connectivity index (χ4n) is 3.42. The Morgan fingerprint density at radius 2 is 2.25 bits per heavy atom. The Morgan fingerprint density at radius 1 is 1.38 bits per heavy atom. The highest BCUT2D eigenvalue weighted by molar-refractivity contribution is 5.45. The van der Waals surface area contributed by atoms with Crippen LogP contribution in [0.2, 0.25) is 0 Å². The molecule has 0 aliphatic heterocycles. The van der Waals surface area contributed by atoms with E-state index in [2.05, 4.69) is 6.07 Å². The first-order chi connectivity index (χ1) is 7.76. The number of fused-ring (bicyclic) bond motifs is 2. The highest BCUT2D eigenvalue weighted by Gasteiger charge is 2.50. The molecular formula is C14H15NO. The Kier molecular flexibility index (Phi) is 1.97. The van der Waals surface area contributed by atoms with Crippen LogP contribution >= 0.6 is 0 Å². The lowest BCUT2D eigenvalue weighted by molar-refractivity contribution is 0.143. The zero-order chi connectivity index (χ0) is 11.2. The van der Waals surface area contributed by atoms with E-state index < -0.39 is 0 Å². The molecule has 0 amide bonds. The summed E-state index contributed by atoms with van der Waals surface area (Å²) in [7, 11) is 0. The van der Waals surface area contributed by atoms with Crippen LogP contribution in [-0.2, 0) is 11.8 Å². The molecule has 16 heavy (non-hydrogen) atoms. The minimum Gasteiger partial charge on any atom is -0.508 e. The van der Waals surface area contributed by atoms with Gasteiger partial charge in [-0.25, -0.2) is 0 Å². The Morgan fingerprint density at radius 3 is 2.94 bits per heavy atom. The van der Waals surface area contributed by atoms with Gasteiger partial charge in [0.15, 0.2) is 0 Å². The van der Waals surface area contributed by atoms with Gasteiger partial charge in [-0.2, -0.15) is 5.26 Å². The molecule has 2 aliphatic carbocycles. The van der Waals surface area contributed by atoms with Crippen molar-refractivity contribution in [1.29, 1.82) is 5.26 Å². The molecule has 0 aromatic heterocycles. The van der Waals surface area contributed by atoms with Crippen molar-refractivity contribution in [3.63, 3.8) is 0 Å². The standard InChI is InChI=1S/C14H15NO/c15-9-11-5-7-14(11)6-1-2-10-3-4-12(16)8-13(10)14/h3-4,8,11,16H,1-2,5-7H2/t11-,14-/m0/s1. The van der Waals surface area contributed by atoms with Gasteiger partial charge in [-0.05, 0) is 55.4 Å². The molecule has 0 radical (unpaired) electrons. The van der Waals surface area contributed by atoms with Gasteiger partial charge in [-0.1, -0.05) is 6.07 Å². The third-order valence-electron chi connectivity index (χ3n) is 4.40. The smallest absolute Gasteiger partial charge is 0.115 e. The Labute approximate surface area is 95.5 Å². The molecule has 0 unspecified atom stereocenters. The number of hydrogen-bond acceptors (Lipinski definition) is 2. The minimum absolute atomic E-state index is 0.0705. The molecular weight excluding hydrogens is 198 g/mol. The fourth-order valence-corrected chi connectivity index (χ4v) is 3.42. The lowest BCUT2D eigenvalue weighted by Gasteiger charge is -2.50. The Bertz CT molecular complexity index is 474. The maximum atomic E-state index is 9.62. The van der Waals surface area contributed by atoms with E-state index >= 15 is 0 Å². The number of aryl methyl sites for hydroxylation is 1. The zero-order valence-corrected chi connectivity index (χ0v) is 9.24. The molecule has 2 nitrogen and oxygen atoms in total. The molecule has 1 fully saturated rings. The first-order valence-corrected chi connectivity index (χ1v) is 5.98. The summed E-state index contributed by atoms with van der Waals surface area (Å²) in [4.78, 5) is 0. The molecule has 1 N–H and O–H groups in total. The van der Waals surface area contributed by atoms with Crippen molar-refractivity contribution in [3.05, 3.63) is 29.3 Å². The van der Waals surface area contributed by atoms with Crippen LogP contribution in [0.15, 0.2) is 18.2 Å². The van der Waals surface area contributed by atoms with Crippen molar-refractivity contribution < 1.29 is 5.11 Å². The first-order valence-electron chi connectivity index (χ1n) is 5.98. The van der Waals surface area contributed by atoms with Gasteiger partial charge in [0, 0.05) is 5.41 Å². The average Bonchev–Trinajstić information content (AvgIpc) is 2.27. The fraction of sp³-hybridized carbons (Fsp3) is 0.500. The van der Waals surface area contributed by atoms with E-state index in [0.29, 0.717) is 5.75 Å². The predicted molar refractivity (Wildman–Crippen MR) is 61.1 cm³/mol. The van der Waals surface area contributed by atoms with Gasteiger partial charge >= 0.3 is 0 Å². The van der Waals surface area contributed by atoms with Gasteiger partial charge in [0.25, 0.3) is 0 Å². The maximum absolute atomic E-state index is 9.62. The van der Waals surface area contributed by atoms with Crippen LogP contribution in [0, 0.1) is 17.2 Å². The number of nitrogens with zero attached hydrogens (tertiary/aromatic N) is 1. The third-order valence-corrected chi connectivity index (χ3v) is 4.40. The number of nitriles is 1. The lowest BCUT2D eigenvalue weighted by atomic mass is 9.52. The highest BCUT2D eigenvalue weighted by Crippen LogP contribution is 2.55. The first kappa shape index (κ1) is 9.72. The second-order valence-electron chi connectivity index (χ2n) is 5.07. The summed E-state index contributed by atoms with van der Waals surface area (Å²) in [5, 5.41) is 18.8. The van der Waals surface area contributed by atoms with Crippen molar-refractivity contribution >= 4 is 0 Å². The molecule has 2 atom stereocenters. The number of hydrogen-bond donors (Lipinski definition) is 1.